The first-order valence-electron chi connectivity index (χ1n) is 6.98. The van der Waals surface area contributed by atoms with E-state index >= 15 is 0 Å². The molecule has 0 saturated carbocycles. The number of rotatable bonds is 3. The number of carbonyl (C=O) groups excluding carboxylic acids is 1. The van der Waals surface area contributed by atoms with Crippen LogP contribution in [0.4, 0.5) is 0 Å². The molecular formula is C16H20N2O3. The second kappa shape index (κ2) is 5.31. The first-order valence-corrected chi connectivity index (χ1v) is 6.98. The lowest BCUT2D eigenvalue weighted by Crippen LogP contribution is -2.29. The van der Waals surface area contributed by atoms with Crippen LogP contribution in [0.1, 0.15) is 44.5 Å². The van der Waals surface area contributed by atoms with E-state index in [1.54, 1.807) is 18.2 Å². The van der Waals surface area contributed by atoms with E-state index in [4.69, 9.17) is 0 Å². The summed E-state index contributed by atoms with van der Waals surface area (Å²) in [6.07, 6.45) is 0.447. The molecule has 5 heteroatoms. The predicted molar refractivity (Wildman–Crippen MR) is 82.8 cm³/mol. The van der Waals surface area contributed by atoms with E-state index in [-0.39, 0.29) is 17.1 Å². The average Bonchev–Trinajstić information content (AvgIpc) is 2.38. The maximum Gasteiger partial charge on any atom is 0.314 e. The van der Waals surface area contributed by atoms with Gasteiger partial charge in [0.1, 0.15) is 0 Å². The van der Waals surface area contributed by atoms with Crippen molar-refractivity contribution in [2.45, 2.75) is 34.1 Å². The second-order valence-corrected chi connectivity index (χ2v) is 6.56. The van der Waals surface area contributed by atoms with Crippen LogP contribution in [0.15, 0.2) is 27.8 Å². The average molecular weight is 288 g/mol. The zero-order valence-corrected chi connectivity index (χ0v) is 12.7. The molecule has 0 aliphatic heterocycles. The van der Waals surface area contributed by atoms with E-state index in [0.717, 1.165) is 0 Å². The van der Waals surface area contributed by atoms with Crippen LogP contribution in [0.2, 0.25) is 0 Å². The van der Waals surface area contributed by atoms with Gasteiger partial charge in [0.2, 0.25) is 0 Å². The van der Waals surface area contributed by atoms with E-state index in [9.17, 15) is 14.4 Å². The van der Waals surface area contributed by atoms with Crippen LogP contribution in [0.5, 0.6) is 0 Å². The molecule has 21 heavy (non-hydrogen) atoms. The molecular weight excluding hydrogens is 268 g/mol. The van der Waals surface area contributed by atoms with Gasteiger partial charge in [-0.3, -0.25) is 14.4 Å². The molecule has 112 valence electrons. The van der Waals surface area contributed by atoms with Crippen LogP contribution in [-0.4, -0.2) is 15.8 Å². The van der Waals surface area contributed by atoms with Gasteiger partial charge in [0.15, 0.2) is 5.78 Å². The van der Waals surface area contributed by atoms with Gasteiger partial charge in [-0.1, -0.05) is 27.7 Å². The highest BCUT2D eigenvalue weighted by Crippen LogP contribution is 2.29. The number of aromatic amines is 2. The predicted octanol–water partition coefficient (Wildman–Crippen LogP) is 2.47. The highest BCUT2D eigenvalue weighted by molar-refractivity contribution is 5.98. The van der Waals surface area contributed by atoms with Gasteiger partial charge in [0.25, 0.3) is 0 Å². The van der Waals surface area contributed by atoms with E-state index in [0.29, 0.717) is 23.0 Å². The summed E-state index contributed by atoms with van der Waals surface area (Å²) in [5.41, 5.74) is 0.180. The molecule has 0 amide bonds. The Morgan fingerprint density at radius 1 is 1.10 bits per heavy atom. The number of ketones is 1. The number of hydrogen-bond acceptors (Lipinski definition) is 3. The van der Waals surface area contributed by atoms with Gasteiger partial charge in [0.05, 0.1) is 11.0 Å². The van der Waals surface area contributed by atoms with Crippen molar-refractivity contribution in [3.05, 3.63) is 44.5 Å². The van der Waals surface area contributed by atoms with E-state index in [1.807, 2.05) is 0 Å². The van der Waals surface area contributed by atoms with Crippen molar-refractivity contribution in [3.8, 4) is 0 Å². The van der Waals surface area contributed by atoms with Gasteiger partial charge in [-0.15, -0.1) is 0 Å². The molecule has 1 aromatic heterocycles. The molecule has 0 radical (unpaired) electrons. The van der Waals surface area contributed by atoms with Gasteiger partial charge in [-0.2, -0.15) is 0 Å². The molecule has 0 aliphatic carbocycles. The maximum atomic E-state index is 12.3. The number of fused-ring (bicyclic) bond motifs is 1. The Balaban J connectivity index is 2.35. The Morgan fingerprint density at radius 2 is 1.67 bits per heavy atom. The summed E-state index contributed by atoms with van der Waals surface area (Å²) < 4.78 is 0. The molecule has 1 unspecified atom stereocenters. The minimum atomic E-state index is -0.713. The minimum Gasteiger partial charge on any atom is -0.316 e. The van der Waals surface area contributed by atoms with E-state index in [2.05, 4.69) is 37.7 Å². The van der Waals surface area contributed by atoms with Gasteiger partial charge in [0, 0.05) is 12.0 Å². The quantitative estimate of drug-likeness (QED) is 0.672. The summed E-state index contributed by atoms with van der Waals surface area (Å²) in [4.78, 5) is 39.9. The Morgan fingerprint density at radius 3 is 2.24 bits per heavy atom. The second-order valence-electron chi connectivity index (χ2n) is 6.56. The standard InChI is InChI=1S/C16H20N2O3/c1-9(16(2,3)4)7-13(19)10-5-6-11-12(8-10)18-15(21)14(20)17-11/h5-6,8-9H,7H2,1-4H3,(H,17,20)(H,18,21). The van der Waals surface area contributed by atoms with Crippen LogP contribution < -0.4 is 11.1 Å². The highest BCUT2D eigenvalue weighted by Gasteiger charge is 2.23. The highest BCUT2D eigenvalue weighted by atomic mass is 16.2. The van der Waals surface area contributed by atoms with Crippen molar-refractivity contribution in [1.29, 1.82) is 0 Å². The summed E-state index contributed by atoms with van der Waals surface area (Å²) in [5, 5.41) is 0. The molecule has 1 heterocycles. The SMILES string of the molecule is CC(CC(=O)c1ccc2[nH]c(=O)c(=O)[nH]c2c1)C(C)(C)C. The van der Waals surface area contributed by atoms with Gasteiger partial charge in [-0.05, 0) is 29.5 Å². The Hall–Kier alpha value is -2.17. The topological polar surface area (TPSA) is 82.8 Å². The molecule has 0 fully saturated rings. The summed E-state index contributed by atoms with van der Waals surface area (Å²) in [5.74, 6) is 0.279. The number of Topliss-reactive ketones (excluding diaryl/α,β-unsaturated/α-hetero) is 1. The molecule has 2 aromatic rings. The Bertz CT molecular complexity index is 793. The number of carbonyl (C=O) groups is 1. The van der Waals surface area contributed by atoms with Crippen molar-refractivity contribution in [2.24, 2.45) is 11.3 Å². The first-order chi connectivity index (χ1) is 9.68. The molecule has 2 rings (SSSR count). The van der Waals surface area contributed by atoms with Crippen LogP contribution in [0.25, 0.3) is 11.0 Å². The maximum absolute atomic E-state index is 12.3. The largest absolute Gasteiger partial charge is 0.316 e. The smallest absolute Gasteiger partial charge is 0.314 e. The lowest BCUT2D eigenvalue weighted by molar-refractivity contribution is 0.0927. The minimum absolute atomic E-state index is 0.0337. The normalized spacial score (nSPS) is 13.3. The third-order valence-corrected chi connectivity index (χ3v) is 4.01. The summed E-state index contributed by atoms with van der Waals surface area (Å²) >= 11 is 0. The van der Waals surface area contributed by atoms with Gasteiger partial charge < -0.3 is 9.97 Å². The molecule has 1 aromatic carbocycles. The Labute approximate surface area is 122 Å². The Kier molecular flexibility index (Phi) is 3.85. The summed E-state index contributed by atoms with van der Waals surface area (Å²) in [6.45, 7) is 8.37. The molecule has 0 saturated heterocycles. The molecule has 5 nitrogen and oxygen atoms in total. The number of H-pyrrole nitrogens is 2. The zero-order chi connectivity index (χ0) is 15.8. The molecule has 0 bridgehead atoms. The number of nitrogens with one attached hydrogen (secondary N) is 2. The summed E-state index contributed by atoms with van der Waals surface area (Å²) in [7, 11) is 0. The van der Waals surface area contributed by atoms with Gasteiger partial charge in [-0.25, -0.2) is 0 Å². The lowest BCUT2D eigenvalue weighted by atomic mass is 9.78. The first kappa shape index (κ1) is 15.2. The molecule has 0 aliphatic rings. The van der Waals surface area contributed by atoms with E-state index in [1.165, 1.54) is 0 Å². The van der Waals surface area contributed by atoms with Crippen LogP contribution in [0, 0.1) is 11.3 Å². The van der Waals surface area contributed by atoms with Crippen LogP contribution >= 0.6 is 0 Å². The van der Waals surface area contributed by atoms with Crippen LogP contribution in [-0.2, 0) is 0 Å². The fourth-order valence-corrected chi connectivity index (χ4v) is 1.99. The fourth-order valence-electron chi connectivity index (χ4n) is 1.99. The third kappa shape index (κ3) is 3.29. The summed E-state index contributed by atoms with van der Waals surface area (Å²) in [6, 6.07) is 4.93. The van der Waals surface area contributed by atoms with Crippen molar-refractivity contribution in [2.75, 3.05) is 0 Å². The number of aromatic nitrogens is 2. The van der Waals surface area contributed by atoms with Crippen molar-refractivity contribution >= 4 is 16.8 Å². The molecule has 1 atom stereocenters. The van der Waals surface area contributed by atoms with Crippen molar-refractivity contribution in [3.63, 3.8) is 0 Å². The lowest BCUT2D eigenvalue weighted by Gasteiger charge is -2.26. The number of benzene rings is 1. The molecule has 0 spiro atoms. The van der Waals surface area contributed by atoms with Crippen molar-refractivity contribution in [1.82, 2.24) is 9.97 Å². The van der Waals surface area contributed by atoms with Crippen LogP contribution in [0.3, 0.4) is 0 Å². The number of hydrogen-bond donors (Lipinski definition) is 2. The monoisotopic (exact) mass is 288 g/mol. The van der Waals surface area contributed by atoms with E-state index < -0.39 is 11.1 Å². The third-order valence-electron chi connectivity index (χ3n) is 4.01. The van der Waals surface area contributed by atoms with Gasteiger partial charge >= 0.3 is 11.1 Å². The van der Waals surface area contributed by atoms with Crippen molar-refractivity contribution < 1.29 is 4.79 Å². The molecule has 2 N–H and O–H groups in total. The zero-order valence-electron chi connectivity index (χ0n) is 12.7. The fraction of sp³-hybridized carbons (Fsp3) is 0.438.